The maximum absolute atomic E-state index is 11.7. The Balaban J connectivity index is 2.87. The van der Waals surface area contributed by atoms with Crippen LogP contribution >= 0.6 is 0 Å². The van der Waals surface area contributed by atoms with E-state index in [4.69, 9.17) is 18.9 Å². The fourth-order valence-electron chi connectivity index (χ4n) is 3.15. The number of carboxylic acid groups (broad SMARTS) is 1. The van der Waals surface area contributed by atoms with E-state index in [0.29, 0.717) is 22.6 Å². The fraction of sp³-hybridized carbons (Fsp3) is 0.316. The molecule has 0 bridgehead atoms. The lowest BCUT2D eigenvalue weighted by atomic mass is 9.89. The molecule has 7 nitrogen and oxygen atoms in total. The van der Waals surface area contributed by atoms with Crippen molar-refractivity contribution in [3.05, 3.63) is 52.6 Å². The molecule has 2 N–H and O–H groups in total. The smallest absolute Gasteiger partial charge is 0.339 e. The zero-order chi connectivity index (χ0) is 19.5. The number of ether oxygens (including phenoxy) is 4. The number of benzene rings is 2. The quantitative estimate of drug-likeness (QED) is 0.731. The summed E-state index contributed by atoms with van der Waals surface area (Å²) in [6.45, 7) is 1.78. The van der Waals surface area contributed by atoms with Gasteiger partial charge in [0.1, 0.15) is 11.3 Å². The first-order valence-corrected chi connectivity index (χ1v) is 7.76. The molecule has 0 unspecified atom stereocenters. The number of methoxy groups -OCH3 is 4. The molecular weight excluding hydrogens is 340 g/mol. The SMILES string of the molecule is COc1ccc(C(OC)(OC)c2cccc(O)c2C(=O)O)c(C)c1OC. The van der Waals surface area contributed by atoms with Crippen molar-refractivity contribution in [1.82, 2.24) is 0 Å². The van der Waals surface area contributed by atoms with Gasteiger partial charge in [-0.1, -0.05) is 12.1 Å². The molecule has 0 aliphatic heterocycles. The van der Waals surface area contributed by atoms with Gasteiger partial charge >= 0.3 is 5.97 Å². The van der Waals surface area contributed by atoms with Crippen LogP contribution in [0.5, 0.6) is 17.2 Å². The average Bonchev–Trinajstić information content (AvgIpc) is 2.63. The van der Waals surface area contributed by atoms with Gasteiger partial charge in [-0.15, -0.1) is 0 Å². The van der Waals surface area contributed by atoms with Crippen LogP contribution in [-0.4, -0.2) is 44.6 Å². The minimum atomic E-state index is -1.57. The van der Waals surface area contributed by atoms with E-state index in [1.165, 1.54) is 46.6 Å². The van der Waals surface area contributed by atoms with Gasteiger partial charge in [-0.05, 0) is 25.1 Å². The molecular formula is C19H22O7. The maximum atomic E-state index is 11.7. The van der Waals surface area contributed by atoms with Gasteiger partial charge in [0.05, 0.1) is 14.2 Å². The van der Waals surface area contributed by atoms with Gasteiger partial charge in [0.25, 0.3) is 0 Å². The van der Waals surface area contributed by atoms with Crippen LogP contribution in [0.1, 0.15) is 27.0 Å². The lowest BCUT2D eigenvalue weighted by Crippen LogP contribution is -2.35. The Labute approximate surface area is 151 Å². The van der Waals surface area contributed by atoms with Crippen LogP contribution < -0.4 is 9.47 Å². The zero-order valence-corrected chi connectivity index (χ0v) is 15.3. The minimum Gasteiger partial charge on any atom is -0.507 e. The summed E-state index contributed by atoms with van der Waals surface area (Å²) in [6, 6.07) is 7.74. The Morgan fingerprint density at radius 3 is 2.12 bits per heavy atom. The monoisotopic (exact) mass is 362 g/mol. The highest BCUT2D eigenvalue weighted by molar-refractivity contribution is 5.93. The Hall–Kier alpha value is -2.77. The molecule has 2 aromatic rings. The van der Waals surface area contributed by atoms with Crippen molar-refractivity contribution in [3.8, 4) is 17.2 Å². The van der Waals surface area contributed by atoms with Crippen molar-refractivity contribution in [1.29, 1.82) is 0 Å². The molecule has 0 saturated carbocycles. The normalized spacial score (nSPS) is 11.3. The molecule has 0 aliphatic carbocycles. The highest BCUT2D eigenvalue weighted by atomic mass is 16.7. The van der Waals surface area contributed by atoms with Crippen molar-refractivity contribution in [2.45, 2.75) is 12.7 Å². The van der Waals surface area contributed by atoms with Crippen molar-refractivity contribution in [2.24, 2.45) is 0 Å². The molecule has 0 atom stereocenters. The highest BCUT2D eigenvalue weighted by Crippen LogP contribution is 2.44. The molecule has 2 rings (SSSR count). The Kier molecular flexibility index (Phi) is 5.74. The molecule has 0 saturated heterocycles. The minimum absolute atomic E-state index is 0.158. The molecule has 0 radical (unpaired) electrons. The molecule has 0 fully saturated rings. The van der Waals surface area contributed by atoms with Gasteiger partial charge in [0, 0.05) is 30.9 Å². The second-order valence-corrected chi connectivity index (χ2v) is 5.50. The predicted octanol–water partition coefficient (Wildman–Crippen LogP) is 2.91. The third-order valence-electron chi connectivity index (χ3n) is 4.33. The summed E-state index contributed by atoms with van der Waals surface area (Å²) < 4.78 is 22.1. The number of phenols is 1. The number of rotatable bonds is 7. The van der Waals surface area contributed by atoms with Crippen LogP contribution in [0.15, 0.2) is 30.3 Å². The molecule has 7 heteroatoms. The van der Waals surface area contributed by atoms with E-state index in [1.807, 2.05) is 0 Å². The van der Waals surface area contributed by atoms with Gasteiger partial charge < -0.3 is 29.2 Å². The Morgan fingerprint density at radius 1 is 0.962 bits per heavy atom. The Morgan fingerprint density at radius 2 is 1.62 bits per heavy atom. The third kappa shape index (κ3) is 2.95. The number of carboxylic acids is 1. The summed E-state index contributed by atoms with van der Waals surface area (Å²) in [4.78, 5) is 11.7. The van der Waals surface area contributed by atoms with Gasteiger partial charge in [0.2, 0.25) is 5.79 Å². The number of aromatic hydroxyl groups is 1. The van der Waals surface area contributed by atoms with Crippen LogP contribution in [0, 0.1) is 6.92 Å². The van der Waals surface area contributed by atoms with E-state index in [2.05, 4.69) is 0 Å². The molecule has 2 aromatic carbocycles. The van der Waals surface area contributed by atoms with Crippen molar-refractivity contribution < 1.29 is 34.0 Å². The van der Waals surface area contributed by atoms with Gasteiger partial charge in [-0.2, -0.15) is 0 Å². The van der Waals surface area contributed by atoms with Crippen LogP contribution in [0.3, 0.4) is 0 Å². The number of aromatic carboxylic acids is 1. The van der Waals surface area contributed by atoms with Crippen LogP contribution in [0.4, 0.5) is 0 Å². The summed E-state index contributed by atoms with van der Waals surface area (Å²) in [5.41, 5.74) is 1.03. The van der Waals surface area contributed by atoms with Crippen LogP contribution in [0.2, 0.25) is 0 Å². The van der Waals surface area contributed by atoms with E-state index in [0.717, 1.165) is 0 Å². The first-order chi connectivity index (χ1) is 12.4. The lowest BCUT2D eigenvalue weighted by molar-refractivity contribution is -0.184. The second-order valence-electron chi connectivity index (χ2n) is 5.50. The van der Waals surface area contributed by atoms with E-state index in [-0.39, 0.29) is 16.9 Å². The molecule has 0 aliphatic rings. The van der Waals surface area contributed by atoms with Crippen molar-refractivity contribution >= 4 is 5.97 Å². The molecule has 0 aromatic heterocycles. The highest BCUT2D eigenvalue weighted by Gasteiger charge is 2.41. The summed E-state index contributed by atoms with van der Waals surface area (Å²) in [5.74, 6) is -2.26. The lowest BCUT2D eigenvalue weighted by Gasteiger charge is -2.34. The second kappa shape index (κ2) is 7.63. The zero-order valence-electron chi connectivity index (χ0n) is 15.3. The van der Waals surface area contributed by atoms with Gasteiger partial charge in [-0.25, -0.2) is 4.79 Å². The average molecular weight is 362 g/mol. The molecule has 26 heavy (non-hydrogen) atoms. The van der Waals surface area contributed by atoms with E-state index < -0.39 is 11.8 Å². The van der Waals surface area contributed by atoms with Crippen LogP contribution in [-0.2, 0) is 15.3 Å². The van der Waals surface area contributed by atoms with E-state index in [9.17, 15) is 15.0 Å². The van der Waals surface area contributed by atoms with E-state index >= 15 is 0 Å². The van der Waals surface area contributed by atoms with Crippen molar-refractivity contribution in [2.75, 3.05) is 28.4 Å². The van der Waals surface area contributed by atoms with Gasteiger partial charge in [-0.3, -0.25) is 0 Å². The molecule has 0 heterocycles. The first kappa shape index (κ1) is 19.6. The predicted molar refractivity (Wildman–Crippen MR) is 94.1 cm³/mol. The molecule has 140 valence electrons. The standard InChI is InChI=1S/C19H22O7/c1-11-12(9-10-15(23-2)17(11)24-3)19(25-4,26-5)13-7-6-8-14(20)16(13)18(21)22/h6-10,20H,1-5H3,(H,21,22). The van der Waals surface area contributed by atoms with Crippen LogP contribution in [0.25, 0.3) is 0 Å². The Bertz CT molecular complexity index is 810. The van der Waals surface area contributed by atoms with E-state index in [1.54, 1.807) is 19.1 Å². The summed E-state index contributed by atoms with van der Waals surface area (Å²) in [5, 5.41) is 19.7. The number of hydrogen-bond acceptors (Lipinski definition) is 6. The topological polar surface area (TPSA) is 94.5 Å². The molecule has 0 amide bonds. The summed E-state index contributed by atoms with van der Waals surface area (Å²) in [7, 11) is 5.83. The van der Waals surface area contributed by atoms with Crippen molar-refractivity contribution in [3.63, 3.8) is 0 Å². The molecule has 0 spiro atoms. The fourth-order valence-corrected chi connectivity index (χ4v) is 3.15. The maximum Gasteiger partial charge on any atom is 0.339 e. The summed E-state index contributed by atoms with van der Waals surface area (Å²) >= 11 is 0. The summed E-state index contributed by atoms with van der Waals surface area (Å²) in [6.07, 6.45) is 0. The largest absolute Gasteiger partial charge is 0.507 e. The van der Waals surface area contributed by atoms with Gasteiger partial charge in [0.15, 0.2) is 11.5 Å². The number of hydrogen-bond donors (Lipinski definition) is 2. The first-order valence-electron chi connectivity index (χ1n) is 7.76. The third-order valence-corrected chi connectivity index (χ3v) is 4.33. The number of carbonyl (C=O) groups is 1.